The average Bonchev–Trinajstić information content (AvgIpc) is 2.89. The molecule has 3 N–H and O–H groups in total. The van der Waals surface area contributed by atoms with E-state index in [4.69, 9.17) is 15.0 Å². The van der Waals surface area contributed by atoms with E-state index >= 15 is 0 Å². The third-order valence-corrected chi connectivity index (χ3v) is 5.59. The predicted octanol–water partition coefficient (Wildman–Crippen LogP) is 2.96. The highest BCUT2D eigenvalue weighted by Crippen LogP contribution is 2.37. The topological polar surface area (TPSA) is 90.6 Å². The molecule has 0 radical (unpaired) electrons. The van der Waals surface area contributed by atoms with Gasteiger partial charge in [0.25, 0.3) is 5.91 Å². The molecule has 0 unspecified atom stereocenters. The molecular weight excluding hydrogens is 367 g/mol. The normalized spacial score (nSPS) is 18.3. The summed E-state index contributed by atoms with van der Waals surface area (Å²) in [5, 5.41) is 2.85. The van der Waals surface area contributed by atoms with Gasteiger partial charge in [-0.2, -0.15) is 0 Å². The van der Waals surface area contributed by atoms with Crippen LogP contribution in [-0.4, -0.2) is 36.1 Å². The first-order chi connectivity index (χ1) is 13.6. The first-order valence-corrected chi connectivity index (χ1v) is 9.69. The molecule has 1 aliphatic rings. The lowest BCUT2D eigenvalue weighted by molar-refractivity contribution is -0.118. The van der Waals surface area contributed by atoms with Crippen LogP contribution in [0.1, 0.15) is 44.5 Å². The van der Waals surface area contributed by atoms with Gasteiger partial charge in [0.05, 0.1) is 17.1 Å². The number of nitrogens with one attached hydrogen (secondary N) is 1. The lowest BCUT2D eigenvalue weighted by Crippen LogP contribution is -2.50. The van der Waals surface area contributed by atoms with Crippen molar-refractivity contribution in [2.45, 2.75) is 51.3 Å². The van der Waals surface area contributed by atoms with E-state index in [1.54, 1.807) is 12.1 Å². The van der Waals surface area contributed by atoms with Crippen LogP contribution < -0.4 is 11.1 Å². The monoisotopic (exact) mass is 394 g/mol. The number of carbonyl (C=O) groups is 2. The summed E-state index contributed by atoms with van der Waals surface area (Å²) >= 11 is 0. The molecule has 1 atom stereocenters. The van der Waals surface area contributed by atoms with Gasteiger partial charge in [-0.15, -0.1) is 0 Å². The molecule has 0 saturated carbocycles. The Labute approximate surface area is 171 Å². The molecule has 2 aromatic carbocycles. The van der Waals surface area contributed by atoms with Crippen molar-refractivity contribution in [1.29, 1.82) is 0 Å². The molecule has 0 aliphatic carbocycles. The number of amides is 2. The van der Waals surface area contributed by atoms with Gasteiger partial charge >= 0.3 is 7.12 Å². The summed E-state index contributed by atoms with van der Waals surface area (Å²) in [6.07, 6.45) is -0.0787. The van der Waals surface area contributed by atoms with Crippen LogP contribution in [0, 0.1) is 0 Å². The van der Waals surface area contributed by atoms with Crippen LogP contribution in [-0.2, 0) is 14.1 Å². The lowest BCUT2D eigenvalue weighted by atomic mass is 9.76. The number of rotatable bonds is 6. The summed E-state index contributed by atoms with van der Waals surface area (Å²) in [5.74, 6) is -1.54. The van der Waals surface area contributed by atoms with Crippen LogP contribution in [0.2, 0.25) is 0 Å². The average molecular weight is 394 g/mol. The number of hydrogen-bond acceptors (Lipinski definition) is 4. The second kappa shape index (κ2) is 8.01. The predicted molar refractivity (Wildman–Crippen MR) is 113 cm³/mol. The molecule has 0 bridgehead atoms. The van der Waals surface area contributed by atoms with E-state index in [0.717, 1.165) is 11.1 Å². The molecule has 2 amide bonds. The maximum atomic E-state index is 12.8. The van der Waals surface area contributed by atoms with Gasteiger partial charge in [0, 0.05) is 12.0 Å². The van der Waals surface area contributed by atoms with Gasteiger partial charge in [0.15, 0.2) is 0 Å². The minimum absolute atomic E-state index is 0.0787. The smallest absolute Gasteiger partial charge is 0.402 e. The van der Waals surface area contributed by atoms with Gasteiger partial charge in [-0.25, -0.2) is 0 Å². The number of carbonyl (C=O) groups excluding carboxylic acids is 2. The molecule has 7 heteroatoms. The highest BCUT2D eigenvalue weighted by molar-refractivity contribution is 6.48. The van der Waals surface area contributed by atoms with E-state index in [-0.39, 0.29) is 12.3 Å². The highest BCUT2D eigenvalue weighted by Gasteiger charge is 2.54. The van der Waals surface area contributed by atoms with Crippen molar-refractivity contribution in [2.75, 3.05) is 0 Å². The zero-order valence-corrected chi connectivity index (χ0v) is 17.3. The molecule has 152 valence electrons. The largest absolute Gasteiger partial charge is 0.482 e. The summed E-state index contributed by atoms with van der Waals surface area (Å²) < 4.78 is 12.0. The van der Waals surface area contributed by atoms with E-state index in [0.29, 0.717) is 5.56 Å². The van der Waals surface area contributed by atoms with E-state index in [9.17, 15) is 9.59 Å². The highest BCUT2D eigenvalue weighted by atomic mass is 16.7. The van der Waals surface area contributed by atoms with Crippen molar-refractivity contribution in [3.05, 3.63) is 60.2 Å². The molecule has 3 rings (SSSR count). The van der Waals surface area contributed by atoms with Crippen LogP contribution in [0.3, 0.4) is 0 Å². The van der Waals surface area contributed by atoms with Gasteiger partial charge in [0.1, 0.15) is 0 Å². The number of primary amides is 1. The van der Waals surface area contributed by atoms with Crippen molar-refractivity contribution < 1.29 is 18.9 Å². The van der Waals surface area contributed by atoms with E-state index in [2.05, 4.69) is 5.32 Å². The minimum atomic E-state index is -0.764. The van der Waals surface area contributed by atoms with Crippen molar-refractivity contribution in [1.82, 2.24) is 5.32 Å². The molecular formula is C22H27BN2O4. The fourth-order valence-corrected chi connectivity index (χ4v) is 3.18. The molecule has 1 fully saturated rings. The molecule has 1 aliphatic heterocycles. The Bertz CT molecular complexity index is 865. The SMILES string of the molecule is CC1(C)OB([C@H](CC(N)=O)NC(=O)c2ccc(-c3ccccc3)cc2)OC1(C)C. The van der Waals surface area contributed by atoms with Gasteiger partial charge < -0.3 is 20.4 Å². The van der Waals surface area contributed by atoms with Crippen molar-refractivity contribution in [3.63, 3.8) is 0 Å². The van der Waals surface area contributed by atoms with Crippen molar-refractivity contribution in [3.8, 4) is 11.1 Å². The Kier molecular flexibility index (Phi) is 5.82. The zero-order valence-electron chi connectivity index (χ0n) is 17.3. The first kappa shape index (κ1) is 21.1. The Morgan fingerprint density at radius 2 is 1.45 bits per heavy atom. The first-order valence-electron chi connectivity index (χ1n) is 9.69. The van der Waals surface area contributed by atoms with Crippen LogP contribution in [0.4, 0.5) is 0 Å². The van der Waals surface area contributed by atoms with Gasteiger partial charge in [0.2, 0.25) is 5.91 Å². The summed E-state index contributed by atoms with van der Waals surface area (Å²) in [4.78, 5) is 24.4. The summed E-state index contributed by atoms with van der Waals surface area (Å²) in [5.41, 5.74) is 6.82. The summed E-state index contributed by atoms with van der Waals surface area (Å²) in [6, 6.07) is 17.2. The van der Waals surface area contributed by atoms with Crippen molar-refractivity contribution in [2.24, 2.45) is 5.73 Å². The Hall–Kier alpha value is -2.64. The molecule has 0 aromatic heterocycles. The molecule has 29 heavy (non-hydrogen) atoms. The van der Waals surface area contributed by atoms with Crippen LogP contribution in [0.15, 0.2) is 54.6 Å². The van der Waals surface area contributed by atoms with E-state index in [1.165, 1.54) is 0 Å². The Morgan fingerprint density at radius 3 is 1.97 bits per heavy atom. The standard InChI is InChI=1S/C22H27BN2O4/c1-21(2)22(3,4)29-23(28-21)18(14-19(24)26)25-20(27)17-12-10-16(11-13-17)15-8-6-5-7-9-15/h5-13,18H,14H2,1-4H3,(H2,24,26)(H,25,27)/t18-/m0/s1. The van der Waals surface area contributed by atoms with Crippen LogP contribution in [0.25, 0.3) is 11.1 Å². The van der Waals surface area contributed by atoms with Gasteiger partial charge in [-0.3, -0.25) is 9.59 Å². The van der Waals surface area contributed by atoms with Crippen LogP contribution >= 0.6 is 0 Å². The maximum Gasteiger partial charge on any atom is 0.482 e. The quantitative estimate of drug-likeness (QED) is 0.737. The molecule has 6 nitrogen and oxygen atoms in total. The maximum absolute atomic E-state index is 12.8. The number of benzene rings is 2. The second-order valence-electron chi connectivity index (χ2n) is 8.32. The zero-order chi connectivity index (χ0) is 21.2. The molecule has 2 aromatic rings. The number of hydrogen-bond donors (Lipinski definition) is 2. The third kappa shape index (κ3) is 4.69. The third-order valence-electron chi connectivity index (χ3n) is 5.59. The minimum Gasteiger partial charge on any atom is -0.402 e. The van der Waals surface area contributed by atoms with E-state index in [1.807, 2.05) is 70.2 Å². The summed E-state index contributed by atoms with van der Waals surface area (Å²) in [7, 11) is -0.764. The van der Waals surface area contributed by atoms with Crippen molar-refractivity contribution >= 4 is 18.9 Å². The van der Waals surface area contributed by atoms with Gasteiger partial charge in [-0.1, -0.05) is 42.5 Å². The molecule has 1 saturated heterocycles. The molecule has 1 heterocycles. The fraction of sp³-hybridized carbons (Fsp3) is 0.364. The van der Waals surface area contributed by atoms with Gasteiger partial charge in [-0.05, 0) is 51.0 Å². The second-order valence-corrected chi connectivity index (χ2v) is 8.32. The number of nitrogens with two attached hydrogens (primary N) is 1. The summed E-state index contributed by atoms with van der Waals surface area (Å²) in [6.45, 7) is 7.66. The molecule has 0 spiro atoms. The van der Waals surface area contributed by atoms with E-state index < -0.39 is 30.2 Å². The lowest BCUT2D eigenvalue weighted by Gasteiger charge is -2.32. The fourth-order valence-electron chi connectivity index (χ4n) is 3.18. The Balaban J connectivity index is 1.74. The Morgan fingerprint density at radius 1 is 0.931 bits per heavy atom. The van der Waals surface area contributed by atoms with Crippen LogP contribution in [0.5, 0.6) is 0 Å².